The minimum atomic E-state index is -1.99. The van der Waals surface area contributed by atoms with Crippen LogP contribution in [0.15, 0.2) is 42.5 Å². The smallest absolute Gasteiger partial charge is 0.322 e. The molecule has 2 aromatic rings. The first-order valence-corrected chi connectivity index (χ1v) is 6.37. The highest BCUT2D eigenvalue weighted by Crippen LogP contribution is 2.29. The fourth-order valence-corrected chi connectivity index (χ4v) is 2.33. The Hall–Kier alpha value is -2.80. The van der Waals surface area contributed by atoms with E-state index in [-0.39, 0.29) is 12.8 Å². The van der Waals surface area contributed by atoms with Gasteiger partial charge in [-0.3, -0.25) is 9.59 Å². The van der Waals surface area contributed by atoms with Crippen molar-refractivity contribution >= 4 is 22.7 Å². The monoisotopic (exact) mass is 282 g/mol. The molecule has 0 unspecified atom stereocenters. The van der Waals surface area contributed by atoms with Crippen LogP contribution in [-0.4, -0.2) is 22.2 Å². The number of carbonyl (C=O) groups is 2. The van der Waals surface area contributed by atoms with Crippen LogP contribution in [0.25, 0.3) is 10.8 Å². The number of benzene rings is 2. The molecule has 0 fully saturated rings. The first kappa shape index (κ1) is 14.6. The average Bonchev–Trinajstić information content (AvgIpc) is 2.46. The summed E-state index contributed by atoms with van der Waals surface area (Å²) in [5.74, 6) is -0.664. The largest absolute Gasteiger partial charge is 0.480 e. The van der Waals surface area contributed by atoms with E-state index in [1.165, 1.54) is 0 Å². The van der Waals surface area contributed by atoms with E-state index >= 15 is 0 Å². The summed E-state index contributed by atoms with van der Waals surface area (Å²) in [5.41, 5.74) is -1.36. The number of carboxylic acid groups (broad SMARTS) is 2. The summed E-state index contributed by atoms with van der Waals surface area (Å²) >= 11 is 0. The van der Waals surface area contributed by atoms with Crippen molar-refractivity contribution in [2.45, 2.75) is 12.8 Å². The second-order valence-corrected chi connectivity index (χ2v) is 4.93. The Balaban J connectivity index is 2.45. The van der Waals surface area contributed by atoms with Crippen molar-refractivity contribution in [2.24, 2.45) is 5.41 Å². The molecule has 0 atom stereocenters. The number of hydrogen-bond acceptors (Lipinski definition) is 2. The molecule has 21 heavy (non-hydrogen) atoms. The van der Waals surface area contributed by atoms with Gasteiger partial charge in [-0.1, -0.05) is 42.5 Å². The summed E-state index contributed by atoms with van der Waals surface area (Å²) in [6, 6.07) is 13.0. The Morgan fingerprint density at radius 1 is 1.05 bits per heavy atom. The minimum absolute atomic E-state index is 0.146. The molecule has 2 aromatic carbocycles. The summed E-state index contributed by atoms with van der Waals surface area (Å²) in [7, 11) is 0. The van der Waals surface area contributed by atoms with Gasteiger partial charge in [0.1, 0.15) is 0 Å². The zero-order valence-electron chi connectivity index (χ0n) is 11.2. The number of terminal acetylenes is 1. The Labute approximate surface area is 122 Å². The Bertz CT molecular complexity index is 726. The van der Waals surface area contributed by atoms with Crippen LogP contribution in [0.4, 0.5) is 0 Å². The summed E-state index contributed by atoms with van der Waals surface area (Å²) in [6.07, 6.45) is 4.65. The maximum absolute atomic E-state index is 11.4. The van der Waals surface area contributed by atoms with Gasteiger partial charge in [0.2, 0.25) is 0 Å². The Kier molecular flexibility index (Phi) is 3.95. The predicted molar refractivity (Wildman–Crippen MR) is 78.8 cm³/mol. The van der Waals surface area contributed by atoms with Gasteiger partial charge in [-0.25, -0.2) is 0 Å². The highest BCUT2D eigenvalue weighted by atomic mass is 16.4. The zero-order valence-corrected chi connectivity index (χ0v) is 11.2. The Morgan fingerprint density at radius 3 is 2.24 bits per heavy atom. The molecule has 0 aliphatic carbocycles. The molecule has 0 spiro atoms. The molecule has 106 valence electrons. The molecule has 0 heterocycles. The number of rotatable bonds is 5. The third kappa shape index (κ3) is 2.72. The molecule has 4 heteroatoms. The summed E-state index contributed by atoms with van der Waals surface area (Å²) in [5, 5.41) is 20.6. The van der Waals surface area contributed by atoms with E-state index in [0.717, 1.165) is 10.8 Å². The van der Waals surface area contributed by atoms with E-state index in [9.17, 15) is 19.8 Å². The van der Waals surface area contributed by atoms with Crippen LogP contribution in [0.2, 0.25) is 0 Å². The van der Waals surface area contributed by atoms with Crippen LogP contribution in [0.3, 0.4) is 0 Å². The van der Waals surface area contributed by atoms with E-state index in [1.807, 2.05) is 30.3 Å². The van der Waals surface area contributed by atoms with Crippen molar-refractivity contribution in [3.05, 3.63) is 48.0 Å². The quantitative estimate of drug-likeness (QED) is 0.653. The lowest BCUT2D eigenvalue weighted by Crippen LogP contribution is -2.41. The summed E-state index contributed by atoms with van der Waals surface area (Å²) in [4.78, 5) is 22.9. The molecule has 0 radical (unpaired) electrons. The summed E-state index contributed by atoms with van der Waals surface area (Å²) in [6.45, 7) is 0. The molecular formula is C17H14O4. The number of carboxylic acids is 2. The van der Waals surface area contributed by atoms with Gasteiger partial charge in [-0.2, -0.15) is 0 Å². The second-order valence-electron chi connectivity index (χ2n) is 4.93. The van der Waals surface area contributed by atoms with Crippen molar-refractivity contribution in [3.8, 4) is 12.3 Å². The van der Waals surface area contributed by atoms with E-state index in [4.69, 9.17) is 6.42 Å². The van der Waals surface area contributed by atoms with Crippen molar-refractivity contribution in [1.82, 2.24) is 0 Å². The molecule has 4 nitrogen and oxygen atoms in total. The van der Waals surface area contributed by atoms with Crippen molar-refractivity contribution in [3.63, 3.8) is 0 Å². The highest BCUT2D eigenvalue weighted by molar-refractivity contribution is 5.99. The minimum Gasteiger partial charge on any atom is -0.480 e. The molecule has 0 saturated carbocycles. The molecule has 2 rings (SSSR count). The van der Waals surface area contributed by atoms with Gasteiger partial charge in [0, 0.05) is 12.8 Å². The van der Waals surface area contributed by atoms with Crippen LogP contribution in [0.5, 0.6) is 0 Å². The fraction of sp³-hybridized carbons (Fsp3) is 0.176. The number of aliphatic carboxylic acids is 2. The predicted octanol–water partition coefficient (Wildman–Crippen LogP) is 2.56. The van der Waals surface area contributed by atoms with Gasteiger partial charge in [0.15, 0.2) is 5.41 Å². The average molecular weight is 282 g/mol. The molecule has 0 saturated heterocycles. The van der Waals surface area contributed by atoms with Crippen molar-refractivity contribution in [1.29, 1.82) is 0 Å². The van der Waals surface area contributed by atoms with Crippen LogP contribution in [0, 0.1) is 17.8 Å². The molecule has 0 amide bonds. The summed E-state index contributed by atoms with van der Waals surface area (Å²) < 4.78 is 0. The third-order valence-electron chi connectivity index (χ3n) is 3.54. The molecule has 0 aliphatic rings. The third-order valence-corrected chi connectivity index (χ3v) is 3.54. The topological polar surface area (TPSA) is 74.6 Å². The van der Waals surface area contributed by atoms with Crippen LogP contribution in [-0.2, 0) is 16.0 Å². The van der Waals surface area contributed by atoms with Gasteiger partial charge >= 0.3 is 11.9 Å². The SMILES string of the molecule is C#CCC(Cc1ccc2ccccc2c1)(C(=O)O)C(=O)O. The van der Waals surface area contributed by atoms with Gasteiger partial charge < -0.3 is 10.2 Å². The van der Waals surface area contributed by atoms with E-state index in [1.54, 1.807) is 12.1 Å². The van der Waals surface area contributed by atoms with Crippen LogP contribution in [0.1, 0.15) is 12.0 Å². The lowest BCUT2D eigenvalue weighted by Gasteiger charge is -2.22. The molecular weight excluding hydrogens is 268 g/mol. The van der Waals surface area contributed by atoms with Gasteiger partial charge in [-0.05, 0) is 16.3 Å². The van der Waals surface area contributed by atoms with Gasteiger partial charge in [0.05, 0.1) is 0 Å². The van der Waals surface area contributed by atoms with Crippen molar-refractivity contribution in [2.75, 3.05) is 0 Å². The second kappa shape index (κ2) is 5.68. The zero-order chi connectivity index (χ0) is 15.5. The normalized spacial score (nSPS) is 11.0. The first-order chi connectivity index (χ1) is 9.99. The standard InChI is InChI=1S/C17H14O4/c1-2-9-17(15(18)19,16(20)21)11-12-7-8-13-5-3-4-6-14(13)10-12/h1,3-8,10H,9,11H2,(H,18,19)(H,20,21). The Morgan fingerprint density at radius 2 is 1.67 bits per heavy atom. The van der Waals surface area contributed by atoms with Crippen LogP contribution >= 0.6 is 0 Å². The molecule has 0 aromatic heterocycles. The highest BCUT2D eigenvalue weighted by Gasteiger charge is 2.46. The van der Waals surface area contributed by atoms with E-state index in [0.29, 0.717) is 5.56 Å². The first-order valence-electron chi connectivity index (χ1n) is 6.37. The van der Waals surface area contributed by atoms with Gasteiger partial charge in [-0.15, -0.1) is 12.3 Å². The van der Waals surface area contributed by atoms with E-state index in [2.05, 4.69) is 5.92 Å². The van der Waals surface area contributed by atoms with Crippen LogP contribution < -0.4 is 0 Å². The number of hydrogen-bond donors (Lipinski definition) is 2. The maximum atomic E-state index is 11.4. The molecule has 2 N–H and O–H groups in total. The van der Waals surface area contributed by atoms with E-state index < -0.39 is 17.4 Å². The lowest BCUT2D eigenvalue weighted by atomic mass is 9.78. The molecule has 0 aliphatic heterocycles. The maximum Gasteiger partial charge on any atom is 0.322 e. The van der Waals surface area contributed by atoms with Gasteiger partial charge in [0.25, 0.3) is 0 Å². The lowest BCUT2D eigenvalue weighted by molar-refractivity contribution is -0.164. The molecule has 0 bridgehead atoms. The number of fused-ring (bicyclic) bond motifs is 1. The fourth-order valence-electron chi connectivity index (χ4n) is 2.33. The van der Waals surface area contributed by atoms with Crippen molar-refractivity contribution < 1.29 is 19.8 Å².